The lowest BCUT2D eigenvalue weighted by atomic mass is 10.2. The van der Waals surface area contributed by atoms with Crippen LogP contribution in [0.1, 0.15) is 0 Å². The first-order valence-corrected chi connectivity index (χ1v) is 12.1. The minimum atomic E-state index is -3.43. The fourth-order valence-electron chi connectivity index (χ4n) is 3.00. The molecule has 29 heavy (non-hydrogen) atoms. The molecule has 0 atom stereocenters. The van der Waals surface area contributed by atoms with Crippen molar-refractivity contribution in [3.8, 4) is 10.6 Å². The topological polar surface area (TPSA) is 95.5 Å². The summed E-state index contributed by atoms with van der Waals surface area (Å²) in [5.41, 5.74) is 0.952. The van der Waals surface area contributed by atoms with Gasteiger partial charge in [0.05, 0.1) is 6.54 Å². The number of sulfonamides is 1. The lowest BCUT2D eigenvalue weighted by molar-refractivity contribution is -0.117. The Morgan fingerprint density at radius 1 is 1.03 bits per heavy atom. The van der Waals surface area contributed by atoms with Crippen molar-refractivity contribution >= 4 is 43.7 Å². The average Bonchev–Trinajstić information content (AvgIpc) is 3.42. The van der Waals surface area contributed by atoms with Crippen LogP contribution in [0.4, 0.5) is 5.13 Å². The molecular weight excluding hydrogens is 430 g/mol. The van der Waals surface area contributed by atoms with E-state index in [-0.39, 0.29) is 12.5 Å². The van der Waals surface area contributed by atoms with E-state index < -0.39 is 10.0 Å². The molecule has 152 valence electrons. The van der Waals surface area contributed by atoms with Crippen LogP contribution in [0.25, 0.3) is 10.6 Å². The third kappa shape index (κ3) is 4.70. The number of hydrogen-bond donors (Lipinski definition) is 1. The number of rotatable bonds is 6. The van der Waals surface area contributed by atoms with Crippen LogP contribution in [0, 0.1) is 0 Å². The minimum Gasteiger partial charge on any atom is -0.299 e. The number of nitrogens with zero attached hydrogens (tertiary/aromatic N) is 4. The zero-order valence-corrected chi connectivity index (χ0v) is 17.8. The normalized spacial score (nSPS) is 16.0. The first kappa shape index (κ1) is 20.1. The largest absolute Gasteiger partial charge is 0.299 e. The summed E-state index contributed by atoms with van der Waals surface area (Å²) in [7, 11) is -3.43. The van der Waals surface area contributed by atoms with Crippen LogP contribution in [-0.2, 0) is 14.8 Å². The fraction of sp³-hybridized carbons (Fsp3) is 0.278. The maximum absolute atomic E-state index is 12.6. The Morgan fingerprint density at radius 2 is 1.79 bits per heavy atom. The second-order valence-electron chi connectivity index (χ2n) is 6.44. The van der Waals surface area contributed by atoms with Gasteiger partial charge in [0, 0.05) is 31.7 Å². The third-order valence-electron chi connectivity index (χ3n) is 4.48. The van der Waals surface area contributed by atoms with Gasteiger partial charge in [0.15, 0.2) is 0 Å². The number of anilines is 1. The highest BCUT2D eigenvalue weighted by molar-refractivity contribution is 7.91. The molecule has 0 bridgehead atoms. The maximum atomic E-state index is 12.6. The van der Waals surface area contributed by atoms with E-state index in [1.807, 2.05) is 35.2 Å². The molecule has 0 spiro atoms. The molecule has 8 nitrogen and oxygen atoms in total. The van der Waals surface area contributed by atoms with Crippen LogP contribution in [-0.4, -0.2) is 66.5 Å². The van der Waals surface area contributed by atoms with Gasteiger partial charge in [-0.15, -0.1) is 21.5 Å². The number of thiophene rings is 1. The van der Waals surface area contributed by atoms with Gasteiger partial charge in [0.2, 0.25) is 11.0 Å². The zero-order chi connectivity index (χ0) is 20.3. The summed E-state index contributed by atoms with van der Waals surface area (Å²) in [5.74, 6) is -0.185. The van der Waals surface area contributed by atoms with Crippen molar-refractivity contribution in [2.75, 3.05) is 38.0 Å². The lowest BCUT2D eigenvalue weighted by Gasteiger charge is -2.33. The number of benzene rings is 1. The Bertz CT molecular complexity index is 1060. The standard InChI is InChI=1S/C18H19N5O3S3/c24-15(19-18-21-20-17(28-18)14-5-2-1-3-6-14)13-22-8-10-23(11-9-22)29(25,26)16-7-4-12-27-16/h1-7,12H,8-11,13H2,(H,19,21,24). The monoisotopic (exact) mass is 449 g/mol. The Kier molecular flexibility index (Phi) is 6.01. The van der Waals surface area contributed by atoms with Crippen LogP contribution in [0.3, 0.4) is 0 Å². The van der Waals surface area contributed by atoms with Crippen molar-refractivity contribution in [1.82, 2.24) is 19.4 Å². The van der Waals surface area contributed by atoms with E-state index in [2.05, 4.69) is 15.5 Å². The number of carbonyl (C=O) groups excluding carboxylic acids is 1. The van der Waals surface area contributed by atoms with Crippen molar-refractivity contribution in [3.05, 3.63) is 47.8 Å². The van der Waals surface area contributed by atoms with Crippen molar-refractivity contribution in [3.63, 3.8) is 0 Å². The third-order valence-corrected chi connectivity index (χ3v) is 8.64. The predicted molar refractivity (Wildman–Crippen MR) is 113 cm³/mol. The first-order chi connectivity index (χ1) is 14.0. The molecule has 11 heteroatoms. The number of hydrogen-bond acceptors (Lipinski definition) is 8. The van der Waals surface area contributed by atoms with Crippen LogP contribution in [0.2, 0.25) is 0 Å². The van der Waals surface area contributed by atoms with E-state index in [1.165, 1.54) is 27.0 Å². The van der Waals surface area contributed by atoms with Crippen LogP contribution in [0.15, 0.2) is 52.1 Å². The van der Waals surface area contributed by atoms with Crippen molar-refractivity contribution < 1.29 is 13.2 Å². The molecule has 1 N–H and O–H groups in total. The van der Waals surface area contributed by atoms with Gasteiger partial charge in [-0.05, 0) is 11.4 Å². The summed E-state index contributed by atoms with van der Waals surface area (Å²) in [6.07, 6.45) is 0. The van der Waals surface area contributed by atoms with Gasteiger partial charge in [-0.1, -0.05) is 47.7 Å². The Morgan fingerprint density at radius 3 is 2.48 bits per heavy atom. The lowest BCUT2D eigenvalue weighted by Crippen LogP contribution is -2.50. The molecule has 0 aliphatic carbocycles. The van der Waals surface area contributed by atoms with E-state index >= 15 is 0 Å². The van der Waals surface area contributed by atoms with Crippen LogP contribution < -0.4 is 5.32 Å². The van der Waals surface area contributed by atoms with E-state index in [9.17, 15) is 13.2 Å². The van der Waals surface area contributed by atoms with Gasteiger partial charge < -0.3 is 0 Å². The molecule has 1 saturated heterocycles. The Hall–Kier alpha value is -2.18. The van der Waals surface area contributed by atoms with Crippen molar-refractivity contribution in [2.24, 2.45) is 0 Å². The number of amides is 1. The summed E-state index contributed by atoms with van der Waals surface area (Å²) in [6.45, 7) is 1.93. The van der Waals surface area contributed by atoms with Gasteiger partial charge in [-0.3, -0.25) is 15.0 Å². The highest BCUT2D eigenvalue weighted by Crippen LogP contribution is 2.26. The van der Waals surface area contributed by atoms with Crippen LogP contribution in [0.5, 0.6) is 0 Å². The molecule has 0 unspecified atom stereocenters. The molecule has 0 saturated carbocycles. The Labute approximate surface area is 176 Å². The summed E-state index contributed by atoms with van der Waals surface area (Å²) in [4.78, 5) is 14.3. The molecule has 1 amide bonds. The van der Waals surface area contributed by atoms with E-state index in [0.717, 1.165) is 10.6 Å². The highest BCUT2D eigenvalue weighted by atomic mass is 32.2. The van der Waals surface area contributed by atoms with Gasteiger partial charge in [-0.2, -0.15) is 4.31 Å². The summed E-state index contributed by atoms with van der Waals surface area (Å²) < 4.78 is 27.0. The number of piperazine rings is 1. The summed E-state index contributed by atoms with van der Waals surface area (Å²) >= 11 is 2.54. The summed E-state index contributed by atoms with van der Waals surface area (Å²) in [6, 6.07) is 13.0. The highest BCUT2D eigenvalue weighted by Gasteiger charge is 2.29. The fourth-order valence-corrected chi connectivity index (χ4v) is 6.33. The molecular formula is C18H19N5O3S3. The predicted octanol–water partition coefficient (Wildman–Crippen LogP) is 2.21. The molecule has 1 aromatic carbocycles. The van der Waals surface area contributed by atoms with E-state index in [0.29, 0.717) is 35.5 Å². The quantitative estimate of drug-likeness (QED) is 0.620. The van der Waals surface area contributed by atoms with Crippen LogP contribution >= 0.6 is 22.7 Å². The summed E-state index contributed by atoms with van der Waals surface area (Å²) in [5, 5.41) is 13.9. The van der Waals surface area contributed by atoms with E-state index in [1.54, 1.807) is 17.5 Å². The number of nitrogens with one attached hydrogen (secondary N) is 1. The average molecular weight is 450 g/mol. The minimum absolute atomic E-state index is 0.185. The van der Waals surface area contributed by atoms with Crippen molar-refractivity contribution in [1.29, 1.82) is 0 Å². The van der Waals surface area contributed by atoms with Gasteiger partial charge in [0.25, 0.3) is 10.0 Å². The molecule has 1 aliphatic rings. The molecule has 0 radical (unpaired) electrons. The second kappa shape index (κ2) is 8.67. The Balaban J connectivity index is 1.29. The zero-order valence-electron chi connectivity index (χ0n) is 15.4. The smallest absolute Gasteiger partial charge is 0.252 e. The second-order valence-corrected chi connectivity index (χ2v) is 10.5. The SMILES string of the molecule is O=C(CN1CCN(S(=O)(=O)c2cccs2)CC1)Nc1nnc(-c2ccccc2)s1. The number of aromatic nitrogens is 2. The van der Waals surface area contributed by atoms with E-state index in [4.69, 9.17) is 0 Å². The maximum Gasteiger partial charge on any atom is 0.252 e. The molecule has 2 aromatic heterocycles. The van der Waals surface area contributed by atoms with Gasteiger partial charge in [-0.25, -0.2) is 8.42 Å². The first-order valence-electron chi connectivity index (χ1n) is 8.97. The molecule has 1 fully saturated rings. The van der Waals surface area contributed by atoms with Gasteiger partial charge in [0.1, 0.15) is 9.22 Å². The number of carbonyl (C=O) groups is 1. The molecule has 3 aromatic rings. The van der Waals surface area contributed by atoms with Crippen molar-refractivity contribution in [2.45, 2.75) is 4.21 Å². The van der Waals surface area contributed by atoms with Gasteiger partial charge >= 0.3 is 0 Å². The molecule has 4 rings (SSSR count). The molecule has 1 aliphatic heterocycles. The molecule has 3 heterocycles.